The number of nitrogens with one attached hydrogen (secondary N) is 1. The fourth-order valence-corrected chi connectivity index (χ4v) is 1.36. The number of H-pyrrole nitrogens is 1. The minimum Gasteiger partial charge on any atom is -0.359 e. The van der Waals surface area contributed by atoms with Crippen molar-refractivity contribution < 1.29 is 0 Å². The average Bonchev–Trinajstić information content (AvgIpc) is 2.25. The molecule has 1 aromatic heterocycles. The Bertz CT molecular complexity index is 374. The predicted octanol–water partition coefficient (Wildman–Crippen LogP) is 0.579. The fourth-order valence-electron chi connectivity index (χ4n) is 1.36. The lowest BCUT2D eigenvalue weighted by molar-refractivity contribution is 0.465. The molecule has 0 aliphatic heterocycles. The molecule has 0 aliphatic carbocycles. The highest BCUT2D eigenvalue weighted by atomic mass is 16.1. The lowest BCUT2D eigenvalue weighted by Crippen LogP contribution is -2.32. The summed E-state index contributed by atoms with van der Waals surface area (Å²) < 4.78 is 0. The maximum absolute atomic E-state index is 11.1. The van der Waals surface area contributed by atoms with Crippen LogP contribution in [0.3, 0.4) is 0 Å². The van der Waals surface area contributed by atoms with E-state index in [1.54, 1.807) is 0 Å². The lowest BCUT2D eigenvalue weighted by Gasteiger charge is -2.21. The molecule has 0 aliphatic rings. The van der Waals surface area contributed by atoms with E-state index >= 15 is 0 Å². The van der Waals surface area contributed by atoms with Crippen LogP contribution in [-0.4, -0.2) is 29.6 Å². The lowest BCUT2D eigenvalue weighted by atomic mass is 10.0. The van der Waals surface area contributed by atoms with Crippen LogP contribution < -0.4 is 16.2 Å². The van der Waals surface area contributed by atoms with Gasteiger partial charge in [-0.05, 0) is 12.3 Å². The third kappa shape index (κ3) is 3.66. The fraction of sp³-hybridized carbons (Fsp3) is 0.636. The van der Waals surface area contributed by atoms with Crippen molar-refractivity contribution in [3.05, 3.63) is 22.7 Å². The monoisotopic (exact) mass is 224 g/mol. The normalized spacial score (nSPS) is 12.8. The van der Waals surface area contributed by atoms with Gasteiger partial charge in [0.05, 0.1) is 6.33 Å². The summed E-state index contributed by atoms with van der Waals surface area (Å²) in [4.78, 5) is 19.6. The van der Waals surface area contributed by atoms with Crippen molar-refractivity contribution in [2.75, 3.05) is 18.5 Å². The highest BCUT2D eigenvalue weighted by Gasteiger charge is 2.09. The number of hydrogen-bond donors (Lipinski definition) is 2. The van der Waals surface area contributed by atoms with E-state index in [-0.39, 0.29) is 11.6 Å². The van der Waals surface area contributed by atoms with Crippen molar-refractivity contribution in [3.8, 4) is 0 Å². The first-order valence-electron chi connectivity index (χ1n) is 5.52. The molecule has 5 heteroatoms. The van der Waals surface area contributed by atoms with Crippen LogP contribution >= 0.6 is 0 Å². The first-order chi connectivity index (χ1) is 7.50. The Morgan fingerprint density at radius 3 is 2.81 bits per heavy atom. The summed E-state index contributed by atoms with van der Waals surface area (Å²) >= 11 is 0. The molecule has 0 radical (unpaired) electrons. The molecule has 0 aromatic carbocycles. The van der Waals surface area contributed by atoms with Gasteiger partial charge >= 0.3 is 0 Å². The van der Waals surface area contributed by atoms with E-state index in [9.17, 15) is 4.79 Å². The zero-order valence-corrected chi connectivity index (χ0v) is 10.1. The Hall–Kier alpha value is -1.36. The molecular formula is C11H20N4O. The van der Waals surface area contributed by atoms with Crippen LogP contribution in [0.5, 0.6) is 0 Å². The summed E-state index contributed by atoms with van der Waals surface area (Å²) in [6.45, 7) is 5.02. The number of nitrogens with zero attached hydrogens (tertiary/aromatic N) is 2. The summed E-state index contributed by atoms with van der Waals surface area (Å²) in [6.07, 6.45) is 2.30. The minimum atomic E-state index is -0.134. The van der Waals surface area contributed by atoms with Gasteiger partial charge in [-0.3, -0.25) is 4.79 Å². The number of nitrogens with two attached hydrogens (primary N) is 1. The highest BCUT2D eigenvalue weighted by Crippen LogP contribution is 2.08. The molecule has 1 rings (SSSR count). The Morgan fingerprint density at radius 2 is 2.25 bits per heavy atom. The molecule has 16 heavy (non-hydrogen) atoms. The molecule has 0 spiro atoms. The topological polar surface area (TPSA) is 75.0 Å². The predicted molar refractivity (Wildman–Crippen MR) is 65.6 cm³/mol. The molecule has 0 amide bonds. The van der Waals surface area contributed by atoms with E-state index in [2.05, 4.69) is 23.8 Å². The molecule has 1 aromatic rings. The second-order valence-corrected chi connectivity index (χ2v) is 4.39. The van der Waals surface area contributed by atoms with Gasteiger partial charge in [0, 0.05) is 25.7 Å². The number of aromatic nitrogens is 2. The van der Waals surface area contributed by atoms with Gasteiger partial charge in [0.2, 0.25) is 0 Å². The van der Waals surface area contributed by atoms with Crippen LogP contribution in [0.25, 0.3) is 0 Å². The van der Waals surface area contributed by atoms with Gasteiger partial charge < -0.3 is 15.6 Å². The summed E-state index contributed by atoms with van der Waals surface area (Å²) in [7, 11) is 1.91. The number of hydrogen-bond acceptors (Lipinski definition) is 4. The quantitative estimate of drug-likeness (QED) is 0.767. The molecule has 0 saturated heterocycles. The van der Waals surface area contributed by atoms with Crippen LogP contribution in [0.2, 0.25) is 0 Å². The molecule has 90 valence electrons. The highest BCUT2D eigenvalue weighted by molar-refractivity contribution is 5.34. The Balaban J connectivity index is 2.53. The van der Waals surface area contributed by atoms with Crippen molar-refractivity contribution >= 4 is 5.82 Å². The molecule has 0 bridgehead atoms. The standard InChI is InChI=1S/C11H20N4O/c1-8(2)9(12)4-5-15(3)10-6-11(16)14-7-13-10/h6-9H,4-5,12H2,1-3H3,(H,13,14,16). The van der Waals surface area contributed by atoms with E-state index in [4.69, 9.17) is 5.73 Å². The van der Waals surface area contributed by atoms with Crippen LogP contribution in [0.1, 0.15) is 20.3 Å². The third-order valence-electron chi connectivity index (χ3n) is 2.71. The summed E-state index contributed by atoms with van der Waals surface area (Å²) in [6, 6.07) is 1.67. The van der Waals surface area contributed by atoms with Crippen LogP contribution in [-0.2, 0) is 0 Å². The summed E-state index contributed by atoms with van der Waals surface area (Å²) in [5.74, 6) is 1.15. The third-order valence-corrected chi connectivity index (χ3v) is 2.71. The molecular weight excluding hydrogens is 204 g/mol. The van der Waals surface area contributed by atoms with Crippen molar-refractivity contribution in [1.82, 2.24) is 9.97 Å². The number of rotatable bonds is 5. The molecule has 1 atom stereocenters. The van der Waals surface area contributed by atoms with Gasteiger partial charge in [-0.15, -0.1) is 0 Å². The van der Waals surface area contributed by atoms with Gasteiger partial charge in [0.15, 0.2) is 0 Å². The van der Waals surface area contributed by atoms with E-state index in [0.717, 1.165) is 13.0 Å². The van der Waals surface area contributed by atoms with Gasteiger partial charge in [-0.2, -0.15) is 0 Å². The first kappa shape index (κ1) is 12.7. The van der Waals surface area contributed by atoms with Crippen LogP contribution in [0, 0.1) is 5.92 Å². The minimum absolute atomic E-state index is 0.134. The smallest absolute Gasteiger partial charge is 0.252 e. The summed E-state index contributed by atoms with van der Waals surface area (Å²) in [5, 5.41) is 0. The maximum atomic E-state index is 11.1. The van der Waals surface area contributed by atoms with E-state index in [1.807, 2.05) is 11.9 Å². The second-order valence-electron chi connectivity index (χ2n) is 4.39. The van der Waals surface area contributed by atoms with Crippen LogP contribution in [0.4, 0.5) is 5.82 Å². The van der Waals surface area contributed by atoms with Crippen molar-refractivity contribution in [1.29, 1.82) is 0 Å². The zero-order valence-electron chi connectivity index (χ0n) is 10.1. The zero-order chi connectivity index (χ0) is 12.1. The second kappa shape index (κ2) is 5.65. The maximum Gasteiger partial charge on any atom is 0.252 e. The average molecular weight is 224 g/mol. The van der Waals surface area contributed by atoms with Crippen molar-refractivity contribution in [2.24, 2.45) is 11.7 Å². The first-order valence-corrected chi connectivity index (χ1v) is 5.52. The van der Waals surface area contributed by atoms with Crippen molar-refractivity contribution in [2.45, 2.75) is 26.3 Å². The molecule has 0 saturated carbocycles. The number of aromatic amines is 1. The Morgan fingerprint density at radius 1 is 1.56 bits per heavy atom. The molecule has 0 fully saturated rings. The van der Waals surface area contributed by atoms with Crippen LogP contribution in [0.15, 0.2) is 17.2 Å². The van der Waals surface area contributed by atoms with Gasteiger partial charge in [-0.1, -0.05) is 13.8 Å². The molecule has 1 unspecified atom stereocenters. The van der Waals surface area contributed by atoms with E-state index in [1.165, 1.54) is 12.4 Å². The molecule has 1 heterocycles. The SMILES string of the molecule is CC(C)C(N)CCN(C)c1cc(=O)[nH]cn1. The van der Waals surface area contributed by atoms with Gasteiger partial charge in [-0.25, -0.2) is 4.98 Å². The van der Waals surface area contributed by atoms with E-state index in [0.29, 0.717) is 11.7 Å². The summed E-state index contributed by atoms with van der Waals surface area (Å²) in [5.41, 5.74) is 5.82. The van der Waals surface area contributed by atoms with E-state index < -0.39 is 0 Å². The largest absolute Gasteiger partial charge is 0.359 e. The van der Waals surface area contributed by atoms with Gasteiger partial charge in [0.25, 0.3) is 5.56 Å². The van der Waals surface area contributed by atoms with Crippen molar-refractivity contribution in [3.63, 3.8) is 0 Å². The number of anilines is 1. The van der Waals surface area contributed by atoms with Gasteiger partial charge in [0.1, 0.15) is 5.82 Å². The molecule has 3 N–H and O–H groups in total. The molecule has 5 nitrogen and oxygen atoms in total. The Kier molecular flexibility index (Phi) is 4.49. The Labute approximate surface area is 95.7 Å².